The molecule has 5 heteroatoms. The molecule has 0 radical (unpaired) electrons. The lowest BCUT2D eigenvalue weighted by molar-refractivity contribution is 0.116. The smallest absolute Gasteiger partial charge is 0.171 e. The van der Waals surface area contributed by atoms with Gasteiger partial charge >= 0.3 is 0 Å². The van der Waals surface area contributed by atoms with Crippen LogP contribution in [-0.2, 0) is 6.54 Å². The Balaban J connectivity index is 1.34. The summed E-state index contributed by atoms with van der Waals surface area (Å²) in [4.78, 5) is 4.21. The first-order chi connectivity index (χ1) is 12.6. The summed E-state index contributed by atoms with van der Waals surface area (Å²) in [6, 6.07) is 12.6. The van der Waals surface area contributed by atoms with Crippen LogP contribution in [0.25, 0.3) is 0 Å². The van der Waals surface area contributed by atoms with Crippen molar-refractivity contribution in [2.75, 3.05) is 5.32 Å². The zero-order valence-corrected chi connectivity index (χ0v) is 17.1. The molecule has 0 spiro atoms. The summed E-state index contributed by atoms with van der Waals surface area (Å²) in [5.41, 5.74) is 3.67. The van der Waals surface area contributed by atoms with Gasteiger partial charge in [0.25, 0.3) is 0 Å². The van der Waals surface area contributed by atoms with Crippen molar-refractivity contribution in [3.05, 3.63) is 51.7 Å². The first-order valence-electron chi connectivity index (χ1n) is 9.52. The molecule has 3 heterocycles. The molecule has 2 atom stereocenters. The zero-order chi connectivity index (χ0) is 18.1. The van der Waals surface area contributed by atoms with Crippen LogP contribution in [0, 0.1) is 13.8 Å². The van der Waals surface area contributed by atoms with Crippen molar-refractivity contribution in [3.8, 4) is 0 Å². The molecule has 2 aromatic rings. The molecule has 2 bridgehead atoms. The van der Waals surface area contributed by atoms with E-state index >= 15 is 0 Å². The highest BCUT2D eigenvalue weighted by atomic mass is 32.1. The SMILES string of the molecule is Cc1cccc(NC(=S)NC2C[C@@H]3CC[C@@H](C2)N3Cc2cccs2)c1C. The Kier molecular flexibility index (Phi) is 5.30. The van der Waals surface area contributed by atoms with Gasteiger partial charge in [-0.1, -0.05) is 18.2 Å². The van der Waals surface area contributed by atoms with E-state index in [2.05, 4.69) is 65.1 Å². The Morgan fingerprint density at radius 1 is 1.15 bits per heavy atom. The average molecular weight is 386 g/mol. The summed E-state index contributed by atoms with van der Waals surface area (Å²) in [5, 5.41) is 9.94. The van der Waals surface area contributed by atoms with Gasteiger partial charge in [0.1, 0.15) is 0 Å². The number of aryl methyl sites for hydroxylation is 1. The molecule has 1 aromatic carbocycles. The van der Waals surface area contributed by atoms with Gasteiger partial charge in [-0.25, -0.2) is 0 Å². The topological polar surface area (TPSA) is 27.3 Å². The lowest BCUT2D eigenvalue weighted by atomic mass is 9.97. The molecular formula is C21H27N3S2. The third kappa shape index (κ3) is 3.80. The molecule has 2 fully saturated rings. The molecule has 2 saturated heterocycles. The number of thiocarbonyl (C=S) groups is 1. The van der Waals surface area contributed by atoms with Gasteiger partial charge in [-0.15, -0.1) is 11.3 Å². The van der Waals surface area contributed by atoms with Gasteiger partial charge < -0.3 is 10.6 Å². The predicted molar refractivity (Wildman–Crippen MR) is 115 cm³/mol. The predicted octanol–water partition coefficient (Wildman–Crippen LogP) is 4.85. The van der Waals surface area contributed by atoms with Crippen LogP contribution in [-0.4, -0.2) is 28.1 Å². The highest BCUT2D eigenvalue weighted by molar-refractivity contribution is 7.80. The Labute approximate surface area is 165 Å². The zero-order valence-electron chi connectivity index (χ0n) is 15.5. The standard InChI is InChI=1S/C21H27N3S2/c1-14-5-3-7-20(15(14)2)23-21(25)22-16-11-17-8-9-18(12-16)24(17)13-19-6-4-10-26-19/h3-7,10,16-18H,8-9,11-13H2,1-2H3,(H2,22,23,25)/t17-,18-/m0/s1. The number of rotatable bonds is 4. The van der Waals surface area contributed by atoms with E-state index in [1.807, 2.05) is 11.3 Å². The van der Waals surface area contributed by atoms with Crippen LogP contribution in [0.1, 0.15) is 41.7 Å². The molecule has 3 nitrogen and oxygen atoms in total. The number of nitrogens with one attached hydrogen (secondary N) is 2. The van der Waals surface area contributed by atoms with E-state index in [9.17, 15) is 0 Å². The maximum absolute atomic E-state index is 5.61. The molecule has 2 aliphatic heterocycles. The van der Waals surface area contributed by atoms with Crippen molar-refractivity contribution in [1.29, 1.82) is 0 Å². The maximum Gasteiger partial charge on any atom is 0.171 e. The first-order valence-corrected chi connectivity index (χ1v) is 10.8. The van der Waals surface area contributed by atoms with Crippen molar-refractivity contribution in [3.63, 3.8) is 0 Å². The van der Waals surface area contributed by atoms with Crippen LogP contribution in [0.15, 0.2) is 35.7 Å². The Bertz CT molecular complexity index is 758. The van der Waals surface area contributed by atoms with Crippen molar-refractivity contribution in [2.24, 2.45) is 0 Å². The second kappa shape index (κ2) is 7.67. The number of piperidine rings is 1. The lowest BCUT2D eigenvalue weighted by Crippen LogP contribution is -2.50. The third-order valence-electron chi connectivity index (χ3n) is 5.99. The summed E-state index contributed by atoms with van der Waals surface area (Å²) >= 11 is 7.48. The molecule has 4 rings (SSSR count). The quantitative estimate of drug-likeness (QED) is 0.736. The largest absolute Gasteiger partial charge is 0.360 e. The van der Waals surface area contributed by atoms with Gasteiger partial charge in [-0.05, 0) is 80.4 Å². The van der Waals surface area contributed by atoms with Crippen LogP contribution >= 0.6 is 23.6 Å². The van der Waals surface area contributed by atoms with Crippen molar-refractivity contribution >= 4 is 34.4 Å². The first kappa shape index (κ1) is 18.0. The van der Waals surface area contributed by atoms with E-state index < -0.39 is 0 Å². The molecule has 0 saturated carbocycles. The van der Waals surface area contributed by atoms with E-state index in [1.54, 1.807) is 0 Å². The van der Waals surface area contributed by atoms with E-state index in [0.29, 0.717) is 18.1 Å². The summed E-state index contributed by atoms with van der Waals surface area (Å²) in [7, 11) is 0. The maximum atomic E-state index is 5.61. The van der Waals surface area contributed by atoms with Crippen LogP contribution < -0.4 is 10.6 Å². The molecule has 0 unspecified atom stereocenters. The second-order valence-electron chi connectivity index (χ2n) is 7.65. The molecular weight excluding hydrogens is 358 g/mol. The van der Waals surface area contributed by atoms with Crippen LogP contribution in [0.5, 0.6) is 0 Å². The summed E-state index contributed by atoms with van der Waals surface area (Å²) < 4.78 is 0. The minimum atomic E-state index is 0.484. The van der Waals surface area contributed by atoms with E-state index in [1.165, 1.54) is 41.7 Å². The Hall–Kier alpha value is -1.43. The number of hydrogen-bond acceptors (Lipinski definition) is 3. The molecule has 26 heavy (non-hydrogen) atoms. The average Bonchev–Trinajstić information content (AvgIpc) is 3.19. The van der Waals surface area contributed by atoms with Gasteiger partial charge in [0.2, 0.25) is 0 Å². The summed E-state index contributed by atoms with van der Waals surface area (Å²) in [6.45, 7) is 5.40. The van der Waals surface area contributed by atoms with Gasteiger partial charge in [0.05, 0.1) is 0 Å². The monoisotopic (exact) mass is 385 g/mol. The highest BCUT2D eigenvalue weighted by Crippen LogP contribution is 2.37. The normalized spacial score (nSPS) is 25.2. The second-order valence-corrected chi connectivity index (χ2v) is 9.09. The summed E-state index contributed by atoms with van der Waals surface area (Å²) in [6.07, 6.45) is 5.03. The fourth-order valence-electron chi connectivity index (χ4n) is 4.46. The molecule has 138 valence electrons. The molecule has 2 N–H and O–H groups in total. The number of hydrogen-bond donors (Lipinski definition) is 2. The number of benzene rings is 1. The van der Waals surface area contributed by atoms with Gasteiger partial charge in [-0.3, -0.25) is 4.90 Å². The highest BCUT2D eigenvalue weighted by Gasteiger charge is 2.40. The van der Waals surface area contributed by atoms with Crippen molar-refractivity contribution < 1.29 is 0 Å². The minimum absolute atomic E-state index is 0.484. The fraction of sp³-hybridized carbons (Fsp3) is 0.476. The fourth-order valence-corrected chi connectivity index (χ4v) is 5.45. The minimum Gasteiger partial charge on any atom is -0.360 e. The van der Waals surface area contributed by atoms with Crippen LogP contribution in [0.2, 0.25) is 0 Å². The van der Waals surface area contributed by atoms with Crippen LogP contribution in [0.4, 0.5) is 5.69 Å². The molecule has 2 aliphatic rings. The number of fused-ring (bicyclic) bond motifs is 2. The Morgan fingerprint density at radius 3 is 2.62 bits per heavy atom. The van der Waals surface area contributed by atoms with Crippen molar-refractivity contribution in [1.82, 2.24) is 10.2 Å². The van der Waals surface area contributed by atoms with Gasteiger partial charge in [0, 0.05) is 35.2 Å². The van der Waals surface area contributed by atoms with E-state index in [-0.39, 0.29) is 0 Å². The number of anilines is 1. The third-order valence-corrected chi connectivity index (χ3v) is 7.07. The van der Waals surface area contributed by atoms with E-state index in [0.717, 1.165) is 17.3 Å². The Morgan fingerprint density at radius 2 is 1.92 bits per heavy atom. The number of thiophene rings is 1. The van der Waals surface area contributed by atoms with Gasteiger partial charge in [0.15, 0.2) is 5.11 Å². The van der Waals surface area contributed by atoms with Gasteiger partial charge in [-0.2, -0.15) is 0 Å². The molecule has 0 aliphatic carbocycles. The molecule has 0 amide bonds. The van der Waals surface area contributed by atoms with Crippen LogP contribution in [0.3, 0.4) is 0 Å². The van der Waals surface area contributed by atoms with Crippen molar-refractivity contribution in [2.45, 2.75) is 64.2 Å². The summed E-state index contributed by atoms with van der Waals surface area (Å²) in [5.74, 6) is 0. The molecule has 1 aromatic heterocycles. The van der Waals surface area contributed by atoms with E-state index in [4.69, 9.17) is 12.2 Å². The number of nitrogens with zero attached hydrogens (tertiary/aromatic N) is 1. The lowest BCUT2D eigenvalue weighted by Gasteiger charge is -2.39.